The maximum Gasteiger partial charge on any atom is 0.215 e. The molecule has 1 atom stereocenters. The van der Waals surface area contributed by atoms with Gasteiger partial charge in [0.25, 0.3) is 0 Å². The van der Waals surface area contributed by atoms with Crippen molar-refractivity contribution in [3.8, 4) is 0 Å². The first-order valence-corrected chi connectivity index (χ1v) is 9.50. The molecule has 1 saturated carbocycles. The van der Waals surface area contributed by atoms with E-state index in [0.29, 0.717) is 6.04 Å². The van der Waals surface area contributed by atoms with Crippen LogP contribution in [0.15, 0.2) is 35.3 Å². The van der Waals surface area contributed by atoms with E-state index in [4.69, 9.17) is 4.99 Å². The number of hydrogen-bond acceptors (Lipinski definition) is 3. The number of thioether (sulfide) groups is 1. The molecule has 1 aromatic rings. The molecule has 1 unspecified atom stereocenters. The van der Waals surface area contributed by atoms with E-state index in [1.807, 2.05) is 35.2 Å². The molecule has 0 N–H and O–H groups in total. The molecule has 132 valence electrons. The van der Waals surface area contributed by atoms with E-state index in [0.717, 1.165) is 23.0 Å². The van der Waals surface area contributed by atoms with Crippen molar-refractivity contribution in [2.75, 3.05) is 17.7 Å². The molecule has 0 spiro atoms. The number of amides is 1. The summed E-state index contributed by atoms with van der Waals surface area (Å²) in [5.41, 5.74) is 0.940. The van der Waals surface area contributed by atoms with Crippen molar-refractivity contribution < 1.29 is 4.79 Å². The highest BCUT2D eigenvalue weighted by Gasteiger charge is 2.32. The number of anilines is 1. The molecule has 0 bridgehead atoms. The summed E-state index contributed by atoms with van der Waals surface area (Å²) in [4.78, 5) is 20.6. The van der Waals surface area contributed by atoms with E-state index >= 15 is 0 Å². The fourth-order valence-corrected chi connectivity index (χ4v) is 4.56. The Morgan fingerprint density at radius 2 is 1.83 bits per heavy atom. The van der Waals surface area contributed by atoms with Crippen LogP contribution < -0.4 is 4.90 Å². The van der Waals surface area contributed by atoms with Crippen molar-refractivity contribution >= 4 is 41.4 Å². The average Bonchev–Trinajstić information content (AvgIpc) is 2.79. The van der Waals surface area contributed by atoms with E-state index in [1.165, 1.54) is 38.5 Å². The number of nitrogens with zero attached hydrogens (tertiary/aromatic N) is 3. The maximum atomic E-state index is 11.6. The van der Waals surface area contributed by atoms with Gasteiger partial charge in [-0.25, -0.2) is 0 Å². The Bertz CT molecular complexity index is 546. The summed E-state index contributed by atoms with van der Waals surface area (Å²) in [6.07, 6.45) is 8.68. The Morgan fingerprint density at radius 3 is 2.46 bits per heavy atom. The van der Waals surface area contributed by atoms with Gasteiger partial charge in [0.05, 0.1) is 6.04 Å². The number of hydrogen-bond donors (Lipinski definition) is 0. The minimum Gasteiger partial charge on any atom is -0.333 e. The van der Waals surface area contributed by atoms with E-state index in [-0.39, 0.29) is 18.6 Å². The lowest BCUT2D eigenvalue weighted by molar-refractivity contribution is -0.108. The fraction of sp³-hybridized carbons (Fsp3) is 0.556. The number of benzene rings is 1. The first-order valence-electron chi connectivity index (χ1n) is 8.51. The molecule has 2 fully saturated rings. The molecular formula is C18H26ClN3OS. The topological polar surface area (TPSA) is 35.9 Å². The molecule has 3 rings (SSSR count). The molecule has 24 heavy (non-hydrogen) atoms. The van der Waals surface area contributed by atoms with Crippen LogP contribution in [0.5, 0.6) is 0 Å². The number of carbonyl (C=O) groups is 1. The Balaban J connectivity index is 0.00000208. The van der Waals surface area contributed by atoms with Crippen molar-refractivity contribution in [2.24, 2.45) is 4.99 Å². The van der Waals surface area contributed by atoms with Gasteiger partial charge in [-0.05, 0) is 25.0 Å². The van der Waals surface area contributed by atoms with Gasteiger partial charge in [-0.1, -0.05) is 55.6 Å². The highest BCUT2D eigenvalue weighted by atomic mass is 35.5. The SMILES string of the molecule is CN1C(=NC2CCCCCC2)SCC1N(C=O)c1ccccc1.Cl. The summed E-state index contributed by atoms with van der Waals surface area (Å²) in [7, 11) is 2.06. The molecule has 1 saturated heterocycles. The standard InChI is InChI=1S/C18H25N3OS.ClH/c1-20-17(21(14-22)16-11-7-4-8-12-16)13-23-18(20)19-15-9-5-2-3-6-10-15;/h4,7-8,11-12,14-15,17H,2-3,5-6,9-10,13H2,1H3;1H. The highest BCUT2D eigenvalue weighted by Crippen LogP contribution is 2.29. The van der Waals surface area contributed by atoms with Crippen molar-refractivity contribution in [3.05, 3.63) is 30.3 Å². The first-order chi connectivity index (χ1) is 11.3. The molecule has 1 aromatic carbocycles. The lowest BCUT2D eigenvalue weighted by Crippen LogP contribution is -2.45. The number of rotatable bonds is 4. The Labute approximate surface area is 155 Å². The van der Waals surface area contributed by atoms with Crippen LogP contribution in [0.25, 0.3) is 0 Å². The third-order valence-electron chi connectivity index (χ3n) is 4.72. The van der Waals surface area contributed by atoms with Gasteiger partial charge in [0.2, 0.25) is 6.41 Å². The fourth-order valence-electron chi connectivity index (χ4n) is 3.33. The zero-order valence-electron chi connectivity index (χ0n) is 14.1. The lowest BCUT2D eigenvalue weighted by Gasteiger charge is -2.30. The second-order valence-electron chi connectivity index (χ2n) is 6.31. The summed E-state index contributed by atoms with van der Waals surface area (Å²) in [5.74, 6) is 0.871. The predicted molar refractivity (Wildman–Crippen MR) is 105 cm³/mol. The van der Waals surface area contributed by atoms with Crippen LogP contribution in [0, 0.1) is 0 Å². The van der Waals surface area contributed by atoms with Gasteiger partial charge in [0.15, 0.2) is 5.17 Å². The summed E-state index contributed by atoms with van der Waals surface area (Å²) in [6.45, 7) is 0. The van der Waals surface area contributed by atoms with Crippen LogP contribution in [0.3, 0.4) is 0 Å². The minimum absolute atomic E-state index is 0. The Kier molecular flexibility index (Phi) is 7.43. The van der Waals surface area contributed by atoms with Crippen LogP contribution >= 0.6 is 24.2 Å². The maximum absolute atomic E-state index is 11.6. The number of amidine groups is 1. The Hall–Kier alpha value is -1.20. The van der Waals surface area contributed by atoms with Gasteiger partial charge in [-0.2, -0.15) is 0 Å². The van der Waals surface area contributed by atoms with Gasteiger partial charge in [0.1, 0.15) is 6.17 Å². The quantitative estimate of drug-likeness (QED) is 0.592. The normalized spacial score (nSPS) is 23.6. The van der Waals surface area contributed by atoms with Gasteiger partial charge in [0, 0.05) is 18.5 Å². The molecule has 6 heteroatoms. The summed E-state index contributed by atoms with van der Waals surface area (Å²) in [5, 5.41) is 1.09. The predicted octanol–water partition coefficient (Wildman–Crippen LogP) is 4.15. The summed E-state index contributed by atoms with van der Waals surface area (Å²) in [6, 6.07) is 10.3. The zero-order chi connectivity index (χ0) is 16.1. The largest absolute Gasteiger partial charge is 0.333 e. The molecule has 1 amide bonds. The average molecular weight is 368 g/mol. The number of halogens is 1. The van der Waals surface area contributed by atoms with Crippen molar-refractivity contribution in [1.29, 1.82) is 0 Å². The summed E-state index contributed by atoms with van der Waals surface area (Å²) < 4.78 is 0. The van der Waals surface area contributed by atoms with Gasteiger partial charge in [-0.3, -0.25) is 14.7 Å². The lowest BCUT2D eigenvalue weighted by atomic mass is 10.1. The monoisotopic (exact) mass is 367 g/mol. The molecule has 2 aliphatic rings. The van der Waals surface area contributed by atoms with Crippen LogP contribution in [0.2, 0.25) is 0 Å². The second-order valence-corrected chi connectivity index (χ2v) is 7.29. The smallest absolute Gasteiger partial charge is 0.215 e. The van der Waals surface area contributed by atoms with E-state index < -0.39 is 0 Å². The van der Waals surface area contributed by atoms with Crippen LogP contribution in [-0.4, -0.2) is 41.5 Å². The number of carbonyl (C=O) groups excluding carboxylic acids is 1. The van der Waals surface area contributed by atoms with Gasteiger partial charge < -0.3 is 4.90 Å². The highest BCUT2D eigenvalue weighted by molar-refractivity contribution is 8.14. The molecule has 0 radical (unpaired) electrons. The first kappa shape index (κ1) is 19.1. The number of para-hydroxylation sites is 1. The molecule has 0 aromatic heterocycles. The van der Waals surface area contributed by atoms with Crippen molar-refractivity contribution in [2.45, 2.75) is 50.7 Å². The number of aliphatic imine (C=N–C) groups is 1. The van der Waals surface area contributed by atoms with Gasteiger partial charge in [-0.15, -0.1) is 12.4 Å². The zero-order valence-corrected chi connectivity index (χ0v) is 15.8. The van der Waals surface area contributed by atoms with Crippen LogP contribution in [-0.2, 0) is 4.79 Å². The Morgan fingerprint density at radius 1 is 1.17 bits per heavy atom. The molecule has 1 aliphatic carbocycles. The van der Waals surface area contributed by atoms with E-state index in [1.54, 1.807) is 11.8 Å². The van der Waals surface area contributed by atoms with Crippen molar-refractivity contribution in [3.63, 3.8) is 0 Å². The molecule has 4 nitrogen and oxygen atoms in total. The van der Waals surface area contributed by atoms with Crippen molar-refractivity contribution in [1.82, 2.24) is 4.90 Å². The van der Waals surface area contributed by atoms with E-state index in [9.17, 15) is 4.79 Å². The molecular weight excluding hydrogens is 342 g/mol. The van der Waals surface area contributed by atoms with Crippen LogP contribution in [0.4, 0.5) is 5.69 Å². The summed E-state index contributed by atoms with van der Waals surface area (Å²) >= 11 is 1.77. The minimum atomic E-state index is 0. The third kappa shape index (κ3) is 4.45. The van der Waals surface area contributed by atoms with Crippen LogP contribution in [0.1, 0.15) is 38.5 Å². The third-order valence-corrected chi connectivity index (χ3v) is 5.83. The second kappa shape index (κ2) is 9.33. The van der Waals surface area contributed by atoms with E-state index in [2.05, 4.69) is 11.9 Å². The van der Waals surface area contributed by atoms with Gasteiger partial charge >= 0.3 is 0 Å². The molecule has 1 heterocycles. The molecule has 1 aliphatic heterocycles.